The third-order valence-electron chi connectivity index (χ3n) is 3.48. The van der Waals surface area contributed by atoms with Crippen molar-refractivity contribution in [3.63, 3.8) is 0 Å². The third-order valence-corrected chi connectivity index (χ3v) is 3.48. The largest absolute Gasteiger partial charge is 0.464 e. The van der Waals surface area contributed by atoms with E-state index in [0.717, 1.165) is 24.1 Å². The van der Waals surface area contributed by atoms with Gasteiger partial charge in [-0.05, 0) is 19.0 Å². The molecule has 0 bridgehead atoms. The van der Waals surface area contributed by atoms with E-state index < -0.39 is 0 Å². The van der Waals surface area contributed by atoms with Crippen LogP contribution in [-0.4, -0.2) is 18.5 Å². The molecule has 0 saturated carbocycles. The van der Waals surface area contributed by atoms with Crippen LogP contribution in [0.3, 0.4) is 0 Å². The Bertz CT molecular complexity index is 580. The highest BCUT2D eigenvalue weighted by Crippen LogP contribution is 2.22. The van der Waals surface area contributed by atoms with Gasteiger partial charge in [0.2, 0.25) is 0 Å². The molecule has 1 atom stereocenters. The van der Waals surface area contributed by atoms with Crippen LogP contribution < -0.4 is 0 Å². The van der Waals surface area contributed by atoms with Gasteiger partial charge in [-0.25, -0.2) is 0 Å². The van der Waals surface area contributed by atoms with Crippen LogP contribution in [0.4, 0.5) is 0 Å². The maximum atomic E-state index is 9.15. The number of nitriles is 1. The number of rotatable bonds is 5. The van der Waals surface area contributed by atoms with Gasteiger partial charge in [0.15, 0.2) is 0 Å². The first-order valence-corrected chi connectivity index (χ1v) is 6.65. The van der Waals surface area contributed by atoms with Crippen molar-refractivity contribution in [2.45, 2.75) is 20.4 Å². The van der Waals surface area contributed by atoms with Gasteiger partial charge in [-0.15, -0.1) is 0 Å². The smallest absolute Gasteiger partial charge is 0.134 e. The summed E-state index contributed by atoms with van der Waals surface area (Å²) in [5, 5.41) is 10.3. The van der Waals surface area contributed by atoms with E-state index in [0.29, 0.717) is 5.92 Å². The summed E-state index contributed by atoms with van der Waals surface area (Å²) >= 11 is 0. The molecule has 0 saturated heterocycles. The van der Waals surface area contributed by atoms with Crippen molar-refractivity contribution in [1.82, 2.24) is 4.90 Å². The van der Waals surface area contributed by atoms with Gasteiger partial charge in [0.25, 0.3) is 0 Å². The Hall–Kier alpha value is -1.79. The maximum Gasteiger partial charge on any atom is 0.134 e. The zero-order valence-electron chi connectivity index (χ0n) is 11.8. The SMILES string of the molecule is CC(C)C(C#N)CN(C)Cc1coc2ccccc12. The number of benzene rings is 1. The van der Waals surface area contributed by atoms with Crippen molar-refractivity contribution in [2.75, 3.05) is 13.6 Å². The molecule has 1 aromatic carbocycles. The normalized spacial score (nSPS) is 13.1. The molecule has 0 aliphatic rings. The van der Waals surface area contributed by atoms with Gasteiger partial charge in [-0.2, -0.15) is 5.26 Å². The van der Waals surface area contributed by atoms with Crippen LogP contribution in [0.1, 0.15) is 19.4 Å². The molecule has 0 fully saturated rings. The highest BCUT2D eigenvalue weighted by atomic mass is 16.3. The topological polar surface area (TPSA) is 40.2 Å². The van der Waals surface area contributed by atoms with Gasteiger partial charge in [0.05, 0.1) is 18.3 Å². The molecule has 0 radical (unpaired) electrons. The maximum absolute atomic E-state index is 9.15. The van der Waals surface area contributed by atoms with E-state index in [1.807, 2.05) is 24.5 Å². The summed E-state index contributed by atoms with van der Waals surface area (Å²) in [6.45, 7) is 5.78. The fourth-order valence-corrected chi connectivity index (χ4v) is 2.25. The van der Waals surface area contributed by atoms with Crippen LogP contribution in [0.25, 0.3) is 11.0 Å². The minimum Gasteiger partial charge on any atom is -0.464 e. The second-order valence-electron chi connectivity index (χ2n) is 5.43. The van der Waals surface area contributed by atoms with Gasteiger partial charge in [-0.3, -0.25) is 0 Å². The highest BCUT2D eigenvalue weighted by molar-refractivity contribution is 5.80. The Balaban J connectivity index is 2.07. The average molecular weight is 256 g/mol. The molecule has 0 aliphatic carbocycles. The molecule has 3 nitrogen and oxygen atoms in total. The molecule has 1 heterocycles. The molecule has 2 rings (SSSR count). The minimum atomic E-state index is 0.0724. The van der Waals surface area contributed by atoms with Crippen molar-refractivity contribution in [3.05, 3.63) is 36.1 Å². The molecule has 3 heteroatoms. The zero-order chi connectivity index (χ0) is 13.8. The van der Waals surface area contributed by atoms with E-state index in [-0.39, 0.29) is 5.92 Å². The van der Waals surface area contributed by atoms with Gasteiger partial charge in [0.1, 0.15) is 5.58 Å². The number of nitrogens with zero attached hydrogens (tertiary/aromatic N) is 2. The van der Waals surface area contributed by atoms with Crippen LogP contribution in [0.5, 0.6) is 0 Å². The van der Waals surface area contributed by atoms with E-state index >= 15 is 0 Å². The molecule has 2 aromatic rings. The molecule has 0 spiro atoms. The minimum absolute atomic E-state index is 0.0724. The lowest BCUT2D eigenvalue weighted by Crippen LogP contribution is -2.27. The van der Waals surface area contributed by atoms with Crippen LogP contribution in [0.15, 0.2) is 34.9 Å². The predicted octanol–water partition coefficient (Wildman–Crippen LogP) is 3.66. The Morgan fingerprint density at radius 2 is 2.05 bits per heavy atom. The molecular formula is C16H20N2O. The second-order valence-corrected chi connectivity index (χ2v) is 5.43. The lowest BCUT2D eigenvalue weighted by atomic mass is 9.97. The molecule has 1 aromatic heterocycles. The Labute approximate surface area is 114 Å². The molecule has 1 unspecified atom stereocenters. The monoisotopic (exact) mass is 256 g/mol. The summed E-state index contributed by atoms with van der Waals surface area (Å²) in [4.78, 5) is 2.19. The fourth-order valence-electron chi connectivity index (χ4n) is 2.25. The summed E-state index contributed by atoms with van der Waals surface area (Å²) in [6.07, 6.45) is 1.82. The zero-order valence-corrected chi connectivity index (χ0v) is 11.8. The predicted molar refractivity (Wildman–Crippen MR) is 76.5 cm³/mol. The summed E-state index contributed by atoms with van der Waals surface area (Å²) in [5.74, 6) is 0.455. The third kappa shape index (κ3) is 3.15. The number of hydrogen-bond acceptors (Lipinski definition) is 3. The number of hydrogen-bond donors (Lipinski definition) is 0. The fraction of sp³-hybridized carbons (Fsp3) is 0.438. The Morgan fingerprint density at radius 1 is 1.32 bits per heavy atom. The van der Waals surface area contributed by atoms with E-state index in [1.165, 1.54) is 5.56 Å². The van der Waals surface area contributed by atoms with Gasteiger partial charge in [-0.1, -0.05) is 32.0 Å². The molecule has 0 N–H and O–H groups in total. The van der Waals surface area contributed by atoms with Gasteiger partial charge < -0.3 is 9.32 Å². The highest BCUT2D eigenvalue weighted by Gasteiger charge is 2.16. The lowest BCUT2D eigenvalue weighted by Gasteiger charge is -2.21. The molecule has 100 valence electrons. The molecule has 0 amide bonds. The first-order valence-electron chi connectivity index (χ1n) is 6.65. The standard InChI is InChI=1S/C16H20N2O/c1-12(2)13(8-17)9-18(3)10-14-11-19-16-7-5-4-6-15(14)16/h4-7,11-13H,9-10H2,1-3H3. The molecular weight excluding hydrogens is 236 g/mol. The van der Waals surface area contributed by atoms with Crippen molar-refractivity contribution in [2.24, 2.45) is 11.8 Å². The van der Waals surface area contributed by atoms with Crippen LogP contribution in [-0.2, 0) is 6.54 Å². The van der Waals surface area contributed by atoms with Crippen LogP contribution in [0.2, 0.25) is 0 Å². The number of para-hydroxylation sites is 1. The van der Waals surface area contributed by atoms with Gasteiger partial charge in [0, 0.05) is 24.0 Å². The molecule has 19 heavy (non-hydrogen) atoms. The summed E-state index contributed by atoms with van der Waals surface area (Å²) < 4.78 is 5.54. The van der Waals surface area contributed by atoms with Crippen molar-refractivity contribution >= 4 is 11.0 Å². The summed E-state index contributed by atoms with van der Waals surface area (Å²) in [5.41, 5.74) is 2.10. The summed E-state index contributed by atoms with van der Waals surface area (Å²) in [6, 6.07) is 10.4. The first kappa shape index (κ1) is 13.6. The number of furan rings is 1. The van der Waals surface area contributed by atoms with E-state index in [1.54, 1.807) is 0 Å². The second kappa shape index (κ2) is 5.90. The van der Waals surface area contributed by atoms with Crippen LogP contribution in [0, 0.1) is 23.2 Å². The van der Waals surface area contributed by atoms with E-state index in [2.05, 4.69) is 37.9 Å². The van der Waals surface area contributed by atoms with E-state index in [9.17, 15) is 0 Å². The lowest BCUT2D eigenvalue weighted by molar-refractivity contribution is 0.265. The first-order chi connectivity index (χ1) is 9.11. The van der Waals surface area contributed by atoms with Gasteiger partial charge >= 0.3 is 0 Å². The van der Waals surface area contributed by atoms with Crippen molar-refractivity contribution in [3.8, 4) is 6.07 Å². The molecule has 0 aliphatic heterocycles. The van der Waals surface area contributed by atoms with Crippen molar-refractivity contribution < 1.29 is 4.42 Å². The average Bonchev–Trinajstić information content (AvgIpc) is 2.79. The summed E-state index contributed by atoms with van der Waals surface area (Å²) in [7, 11) is 2.05. The Kier molecular flexibility index (Phi) is 4.24. The van der Waals surface area contributed by atoms with E-state index in [4.69, 9.17) is 9.68 Å². The number of fused-ring (bicyclic) bond motifs is 1. The van der Waals surface area contributed by atoms with Crippen molar-refractivity contribution in [1.29, 1.82) is 5.26 Å². The Morgan fingerprint density at radius 3 is 2.74 bits per heavy atom. The van der Waals surface area contributed by atoms with Crippen LogP contribution >= 0.6 is 0 Å². The quantitative estimate of drug-likeness (QED) is 0.819.